The lowest BCUT2D eigenvalue weighted by Crippen LogP contribution is -2.33. The fourth-order valence-electron chi connectivity index (χ4n) is 1.84. The first-order valence-corrected chi connectivity index (χ1v) is 8.03. The number of anilines is 1. The molecule has 20 heavy (non-hydrogen) atoms. The highest BCUT2D eigenvalue weighted by atomic mass is 32.2. The molecule has 0 radical (unpaired) electrons. The van der Waals surface area contributed by atoms with Gasteiger partial charge in [0, 0.05) is 12.1 Å². The Morgan fingerprint density at radius 2 is 1.90 bits per heavy atom. The number of nitrogens with two attached hydrogens (primary N) is 1. The van der Waals surface area contributed by atoms with E-state index in [0.29, 0.717) is 12.5 Å². The number of rotatable bonds is 7. The molecule has 7 heteroatoms. The lowest BCUT2D eigenvalue weighted by Gasteiger charge is -2.15. The van der Waals surface area contributed by atoms with Crippen molar-refractivity contribution >= 4 is 15.7 Å². The Morgan fingerprint density at radius 3 is 2.50 bits per heavy atom. The van der Waals surface area contributed by atoms with E-state index in [1.807, 2.05) is 6.92 Å². The van der Waals surface area contributed by atoms with Gasteiger partial charge in [0.1, 0.15) is 16.5 Å². The number of hydrogen-bond donors (Lipinski definition) is 2. The zero-order chi connectivity index (χ0) is 15.3. The van der Waals surface area contributed by atoms with Gasteiger partial charge in [-0.15, -0.1) is 0 Å². The standard InChI is InChI=1S/C13H20F2N2O2S/c1-3-4-5-6-9(2)17-20(18,19)13-8-12(16)10(14)7-11(13)15/h7-9,17H,3-6,16H2,1-2H3. The summed E-state index contributed by atoms with van der Waals surface area (Å²) in [5.41, 5.74) is 4.88. The summed E-state index contributed by atoms with van der Waals surface area (Å²) in [6.07, 6.45) is 3.58. The summed E-state index contributed by atoms with van der Waals surface area (Å²) in [5.74, 6) is -2.12. The predicted octanol–water partition coefficient (Wildman–Crippen LogP) is 2.79. The van der Waals surface area contributed by atoms with Crippen molar-refractivity contribution in [1.82, 2.24) is 4.72 Å². The Morgan fingerprint density at radius 1 is 1.25 bits per heavy atom. The van der Waals surface area contributed by atoms with Crippen LogP contribution in [-0.2, 0) is 10.0 Å². The van der Waals surface area contributed by atoms with Crippen LogP contribution in [0.4, 0.5) is 14.5 Å². The van der Waals surface area contributed by atoms with Crippen molar-refractivity contribution in [2.45, 2.75) is 50.5 Å². The van der Waals surface area contributed by atoms with Crippen molar-refractivity contribution < 1.29 is 17.2 Å². The third-order valence-electron chi connectivity index (χ3n) is 2.94. The van der Waals surface area contributed by atoms with Crippen LogP contribution in [0.3, 0.4) is 0 Å². The first-order chi connectivity index (χ1) is 9.27. The van der Waals surface area contributed by atoms with Crippen LogP contribution in [0.25, 0.3) is 0 Å². The van der Waals surface area contributed by atoms with E-state index in [2.05, 4.69) is 4.72 Å². The van der Waals surface area contributed by atoms with Gasteiger partial charge in [0.15, 0.2) is 0 Å². The first kappa shape index (κ1) is 16.8. The molecule has 0 fully saturated rings. The van der Waals surface area contributed by atoms with Gasteiger partial charge < -0.3 is 5.73 Å². The fourth-order valence-corrected chi connectivity index (χ4v) is 3.21. The average Bonchev–Trinajstić information content (AvgIpc) is 2.33. The summed E-state index contributed by atoms with van der Waals surface area (Å²) in [5, 5.41) is 0. The fraction of sp³-hybridized carbons (Fsp3) is 0.538. The maximum atomic E-state index is 13.6. The summed E-state index contributed by atoms with van der Waals surface area (Å²) < 4.78 is 53.0. The number of halogens is 2. The minimum atomic E-state index is -4.04. The van der Waals surface area contributed by atoms with Gasteiger partial charge in [-0.3, -0.25) is 0 Å². The first-order valence-electron chi connectivity index (χ1n) is 6.54. The van der Waals surface area contributed by atoms with Gasteiger partial charge in [0.25, 0.3) is 0 Å². The maximum absolute atomic E-state index is 13.6. The van der Waals surface area contributed by atoms with Gasteiger partial charge in [-0.2, -0.15) is 0 Å². The van der Waals surface area contributed by atoms with Gasteiger partial charge in [-0.1, -0.05) is 26.2 Å². The molecule has 1 rings (SSSR count). The second-order valence-electron chi connectivity index (χ2n) is 4.82. The molecule has 0 heterocycles. The number of nitrogens with one attached hydrogen (secondary N) is 1. The van der Waals surface area contributed by atoms with Crippen molar-refractivity contribution in [3.63, 3.8) is 0 Å². The Hall–Kier alpha value is -1.21. The highest BCUT2D eigenvalue weighted by molar-refractivity contribution is 7.89. The van der Waals surface area contributed by atoms with Crippen LogP contribution in [0.15, 0.2) is 17.0 Å². The van der Waals surface area contributed by atoms with Crippen molar-refractivity contribution in [1.29, 1.82) is 0 Å². The normalized spacial score (nSPS) is 13.4. The van der Waals surface area contributed by atoms with Gasteiger partial charge in [-0.25, -0.2) is 21.9 Å². The molecule has 0 aliphatic carbocycles. The molecule has 3 N–H and O–H groups in total. The monoisotopic (exact) mass is 306 g/mol. The van der Waals surface area contributed by atoms with E-state index >= 15 is 0 Å². The molecule has 0 aromatic heterocycles. The van der Waals surface area contributed by atoms with Gasteiger partial charge in [0.05, 0.1) is 5.69 Å². The molecule has 1 aromatic rings. The maximum Gasteiger partial charge on any atom is 0.243 e. The lowest BCUT2D eigenvalue weighted by atomic mass is 10.1. The number of benzene rings is 1. The van der Waals surface area contributed by atoms with Crippen molar-refractivity contribution in [3.05, 3.63) is 23.8 Å². The van der Waals surface area contributed by atoms with E-state index in [4.69, 9.17) is 5.73 Å². The molecule has 4 nitrogen and oxygen atoms in total. The molecule has 0 bridgehead atoms. The SMILES string of the molecule is CCCCCC(C)NS(=O)(=O)c1cc(N)c(F)cc1F. The summed E-state index contributed by atoms with van der Waals surface area (Å²) >= 11 is 0. The van der Waals surface area contributed by atoms with Crippen LogP contribution in [0.1, 0.15) is 39.5 Å². The molecule has 1 atom stereocenters. The number of sulfonamides is 1. The minimum absolute atomic E-state index is 0.322. The zero-order valence-corrected chi connectivity index (χ0v) is 12.4. The van der Waals surface area contributed by atoms with Crippen LogP contribution in [-0.4, -0.2) is 14.5 Å². The average molecular weight is 306 g/mol. The van der Waals surface area contributed by atoms with Crippen LogP contribution in [0, 0.1) is 11.6 Å². The van der Waals surface area contributed by atoms with E-state index in [1.54, 1.807) is 6.92 Å². The molecule has 114 valence electrons. The highest BCUT2D eigenvalue weighted by Crippen LogP contribution is 2.21. The molecular weight excluding hydrogens is 286 g/mol. The molecule has 1 aromatic carbocycles. The Labute approximate surface area is 118 Å². The van der Waals surface area contributed by atoms with E-state index < -0.39 is 32.2 Å². The van der Waals surface area contributed by atoms with Crippen molar-refractivity contribution in [3.8, 4) is 0 Å². The highest BCUT2D eigenvalue weighted by Gasteiger charge is 2.22. The van der Waals surface area contributed by atoms with E-state index in [9.17, 15) is 17.2 Å². The van der Waals surface area contributed by atoms with E-state index in [-0.39, 0.29) is 6.04 Å². The van der Waals surface area contributed by atoms with E-state index in [0.717, 1.165) is 25.3 Å². The molecular formula is C13H20F2N2O2S. The molecule has 0 aliphatic heterocycles. The smallest absolute Gasteiger partial charge is 0.243 e. The molecule has 1 unspecified atom stereocenters. The molecule has 0 amide bonds. The van der Waals surface area contributed by atoms with Gasteiger partial charge in [-0.05, 0) is 19.4 Å². The molecule has 0 spiro atoms. The van der Waals surface area contributed by atoms with E-state index in [1.165, 1.54) is 0 Å². The lowest BCUT2D eigenvalue weighted by molar-refractivity contribution is 0.516. The third-order valence-corrected chi connectivity index (χ3v) is 4.54. The second kappa shape index (κ2) is 6.99. The number of unbranched alkanes of at least 4 members (excludes halogenated alkanes) is 2. The summed E-state index contributed by atoms with van der Waals surface area (Å²) in [7, 11) is -4.04. The Bertz CT molecular complexity index is 562. The molecule has 0 aliphatic rings. The number of hydrogen-bond acceptors (Lipinski definition) is 3. The van der Waals surface area contributed by atoms with Crippen LogP contribution < -0.4 is 10.5 Å². The van der Waals surface area contributed by atoms with Crippen molar-refractivity contribution in [2.24, 2.45) is 0 Å². The topological polar surface area (TPSA) is 72.2 Å². The van der Waals surface area contributed by atoms with Crippen LogP contribution in [0.5, 0.6) is 0 Å². The summed E-state index contributed by atoms with van der Waals surface area (Å²) in [4.78, 5) is -0.626. The second-order valence-corrected chi connectivity index (χ2v) is 6.50. The largest absolute Gasteiger partial charge is 0.396 e. The minimum Gasteiger partial charge on any atom is -0.396 e. The Kier molecular flexibility index (Phi) is 5.88. The summed E-state index contributed by atoms with van der Waals surface area (Å²) in [6, 6.07) is 0.953. The van der Waals surface area contributed by atoms with Crippen molar-refractivity contribution in [2.75, 3.05) is 5.73 Å². The third kappa shape index (κ3) is 4.42. The van der Waals surface area contributed by atoms with Crippen LogP contribution in [0.2, 0.25) is 0 Å². The van der Waals surface area contributed by atoms with Gasteiger partial charge in [0.2, 0.25) is 10.0 Å². The predicted molar refractivity (Wildman–Crippen MR) is 74.7 cm³/mol. The number of nitrogen functional groups attached to an aromatic ring is 1. The Balaban J connectivity index is 2.86. The summed E-state index contributed by atoms with van der Waals surface area (Å²) in [6.45, 7) is 3.75. The van der Waals surface area contributed by atoms with Gasteiger partial charge >= 0.3 is 0 Å². The zero-order valence-electron chi connectivity index (χ0n) is 11.6. The molecule has 0 saturated carbocycles. The molecule has 0 saturated heterocycles. The van der Waals surface area contributed by atoms with Crippen LogP contribution >= 0.6 is 0 Å². The quantitative estimate of drug-likeness (QED) is 0.601.